The van der Waals surface area contributed by atoms with Gasteiger partial charge in [0.2, 0.25) is 0 Å². The van der Waals surface area contributed by atoms with Crippen LogP contribution in [0.25, 0.3) is 72.2 Å². The van der Waals surface area contributed by atoms with E-state index in [2.05, 4.69) is 145 Å². The summed E-state index contributed by atoms with van der Waals surface area (Å²) < 4.78 is 2.35. The monoisotopic (exact) mass is 581 g/mol. The lowest BCUT2D eigenvalue weighted by atomic mass is 9.99. The van der Waals surface area contributed by atoms with Crippen molar-refractivity contribution in [1.29, 1.82) is 0 Å². The number of fused-ring (bicyclic) bond motifs is 4. The summed E-state index contributed by atoms with van der Waals surface area (Å²) in [6, 6.07) is 53.1. The van der Waals surface area contributed by atoms with Gasteiger partial charge in [0.15, 0.2) is 5.82 Å². The van der Waals surface area contributed by atoms with Gasteiger partial charge in [0.05, 0.1) is 22.2 Å². The maximum absolute atomic E-state index is 5.07. The van der Waals surface area contributed by atoms with Crippen molar-refractivity contribution in [2.24, 2.45) is 0 Å². The first-order valence-electron chi connectivity index (χ1n) is 15.4. The summed E-state index contributed by atoms with van der Waals surface area (Å²) >= 11 is 0. The molecule has 2 aromatic heterocycles. The first-order valence-corrected chi connectivity index (χ1v) is 15.4. The highest BCUT2D eigenvalue weighted by molar-refractivity contribution is 6.09. The van der Waals surface area contributed by atoms with Crippen LogP contribution in [-0.2, 0) is 0 Å². The van der Waals surface area contributed by atoms with Crippen molar-refractivity contribution in [3.63, 3.8) is 0 Å². The number of nitrogens with zero attached hydrogens (tertiary/aromatic N) is 3. The van der Waals surface area contributed by atoms with Gasteiger partial charge in [0.1, 0.15) is 0 Å². The fourth-order valence-electron chi connectivity index (χ4n) is 5.84. The SMILES string of the molecule is C=C.CC.c1ccc(-c2nc(-c3ccccc3)c3cc(-c4ccc(-n5c6ccccc6c6ccccc65)cc4)ccc3n2)cc1. The lowest BCUT2D eigenvalue weighted by Gasteiger charge is -2.12. The Morgan fingerprint density at radius 1 is 0.444 bits per heavy atom. The summed E-state index contributed by atoms with van der Waals surface area (Å²) in [5, 5.41) is 3.58. The van der Waals surface area contributed by atoms with Gasteiger partial charge in [-0.3, -0.25) is 0 Å². The topological polar surface area (TPSA) is 30.7 Å². The predicted molar refractivity (Wildman–Crippen MR) is 193 cm³/mol. The smallest absolute Gasteiger partial charge is 0.160 e. The van der Waals surface area contributed by atoms with E-state index in [1.807, 2.05) is 38.1 Å². The average molecular weight is 582 g/mol. The molecule has 3 heteroatoms. The van der Waals surface area contributed by atoms with Crippen molar-refractivity contribution in [2.75, 3.05) is 0 Å². The molecule has 0 bridgehead atoms. The molecule has 6 aromatic carbocycles. The molecule has 45 heavy (non-hydrogen) atoms. The number of hydrogen-bond acceptors (Lipinski definition) is 2. The second-order valence-electron chi connectivity index (χ2n) is 10.3. The molecule has 3 nitrogen and oxygen atoms in total. The summed E-state index contributed by atoms with van der Waals surface area (Å²) in [5.74, 6) is 0.736. The van der Waals surface area contributed by atoms with Gasteiger partial charge in [0, 0.05) is 33.0 Å². The van der Waals surface area contributed by atoms with Crippen molar-refractivity contribution in [3.8, 4) is 39.5 Å². The Labute approximate surface area is 264 Å². The van der Waals surface area contributed by atoms with E-state index in [1.165, 1.54) is 21.8 Å². The van der Waals surface area contributed by atoms with Crippen LogP contribution in [0.3, 0.4) is 0 Å². The van der Waals surface area contributed by atoms with E-state index in [1.54, 1.807) is 0 Å². The van der Waals surface area contributed by atoms with Gasteiger partial charge in [-0.15, -0.1) is 13.2 Å². The molecule has 0 saturated carbocycles. The van der Waals surface area contributed by atoms with E-state index in [0.717, 1.165) is 50.4 Å². The molecular weight excluding hydrogens is 546 g/mol. The zero-order valence-corrected chi connectivity index (χ0v) is 25.7. The fraction of sp³-hybridized carbons (Fsp3) is 0.0476. The first kappa shape index (κ1) is 29.3. The number of benzene rings is 6. The van der Waals surface area contributed by atoms with Crippen molar-refractivity contribution < 1.29 is 0 Å². The van der Waals surface area contributed by atoms with Crippen LogP contribution in [0, 0.1) is 0 Å². The molecule has 0 saturated heterocycles. The van der Waals surface area contributed by atoms with Gasteiger partial charge in [0.25, 0.3) is 0 Å². The van der Waals surface area contributed by atoms with Crippen molar-refractivity contribution in [1.82, 2.24) is 14.5 Å². The third-order valence-corrected chi connectivity index (χ3v) is 7.81. The number of aromatic nitrogens is 3. The van der Waals surface area contributed by atoms with Crippen LogP contribution in [0.1, 0.15) is 13.8 Å². The molecule has 218 valence electrons. The largest absolute Gasteiger partial charge is 0.309 e. The summed E-state index contributed by atoms with van der Waals surface area (Å²) in [6.45, 7) is 10.0. The average Bonchev–Trinajstić information content (AvgIpc) is 3.48. The summed E-state index contributed by atoms with van der Waals surface area (Å²) in [6.07, 6.45) is 0. The minimum absolute atomic E-state index is 0.736. The maximum atomic E-state index is 5.07. The Morgan fingerprint density at radius 3 is 1.56 bits per heavy atom. The summed E-state index contributed by atoms with van der Waals surface area (Å²) in [5.41, 5.74) is 9.83. The van der Waals surface area contributed by atoms with Crippen molar-refractivity contribution >= 4 is 32.7 Å². The molecule has 8 aromatic rings. The van der Waals surface area contributed by atoms with Gasteiger partial charge in [-0.2, -0.15) is 0 Å². The lowest BCUT2D eigenvalue weighted by molar-refractivity contribution is 1.18. The molecule has 0 unspecified atom stereocenters. The summed E-state index contributed by atoms with van der Waals surface area (Å²) in [7, 11) is 0. The van der Waals surface area contributed by atoms with Crippen LogP contribution in [-0.4, -0.2) is 14.5 Å². The number of rotatable bonds is 4. The first-order chi connectivity index (χ1) is 22.3. The Morgan fingerprint density at radius 2 is 0.956 bits per heavy atom. The molecule has 0 aliphatic rings. The van der Waals surface area contributed by atoms with Gasteiger partial charge in [-0.1, -0.05) is 129 Å². The second kappa shape index (κ2) is 13.2. The highest BCUT2D eigenvalue weighted by atomic mass is 15.0. The molecule has 0 fully saturated rings. The molecule has 0 spiro atoms. The molecule has 2 heterocycles. The quantitative estimate of drug-likeness (QED) is 0.194. The van der Waals surface area contributed by atoms with Crippen LogP contribution < -0.4 is 0 Å². The minimum atomic E-state index is 0.736. The van der Waals surface area contributed by atoms with Crippen LogP contribution in [0.5, 0.6) is 0 Å². The van der Waals surface area contributed by atoms with Gasteiger partial charge in [-0.05, 0) is 47.5 Å². The normalized spacial score (nSPS) is 10.6. The molecule has 0 N–H and O–H groups in total. The van der Waals surface area contributed by atoms with Crippen LogP contribution in [0.15, 0.2) is 165 Å². The van der Waals surface area contributed by atoms with Crippen molar-refractivity contribution in [3.05, 3.63) is 165 Å². The zero-order chi connectivity index (χ0) is 31.2. The van der Waals surface area contributed by atoms with E-state index < -0.39 is 0 Å². The molecule has 0 aliphatic carbocycles. The molecular formula is C42H35N3. The Hall–Kier alpha value is -5.80. The molecule has 8 rings (SSSR count). The van der Waals surface area contributed by atoms with Crippen molar-refractivity contribution in [2.45, 2.75) is 13.8 Å². The molecule has 0 atom stereocenters. The Kier molecular flexibility index (Phi) is 8.61. The van der Waals surface area contributed by atoms with Gasteiger partial charge < -0.3 is 4.57 Å². The third-order valence-electron chi connectivity index (χ3n) is 7.81. The van der Waals surface area contributed by atoms with Gasteiger partial charge >= 0.3 is 0 Å². The van der Waals surface area contributed by atoms with E-state index in [4.69, 9.17) is 9.97 Å². The number of para-hydroxylation sites is 2. The minimum Gasteiger partial charge on any atom is -0.309 e. The Bertz CT molecular complexity index is 2140. The zero-order valence-electron chi connectivity index (χ0n) is 25.7. The van der Waals surface area contributed by atoms with E-state index in [0.29, 0.717) is 0 Å². The van der Waals surface area contributed by atoms with Gasteiger partial charge in [-0.25, -0.2) is 9.97 Å². The van der Waals surface area contributed by atoms with E-state index in [-0.39, 0.29) is 0 Å². The highest BCUT2D eigenvalue weighted by Crippen LogP contribution is 2.35. The second-order valence-corrected chi connectivity index (χ2v) is 10.3. The fourth-order valence-corrected chi connectivity index (χ4v) is 5.84. The van der Waals surface area contributed by atoms with E-state index in [9.17, 15) is 0 Å². The summed E-state index contributed by atoms with van der Waals surface area (Å²) in [4.78, 5) is 10.0. The molecule has 0 amide bonds. The maximum Gasteiger partial charge on any atom is 0.160 e. The third kappa shape index (κ3) is 5.52. The van der Waals surface area contributed by atoms with E-state index >= 15 is 0 Å². The lowest BCUT2D eigenvalue weighted by Crippen LogP contribution is -1.96. The van der Waals surface area contributed by atoms with Crippen LogP contribution in [0.2, 0.25) is 0 Å². The van der Waals surface area contributed by atoms with Crippen LogP contribution in [0.4, 0.5) is 0 Å². The number of hydrogen-bond donors (Lipinski definition) is 0. The highest BCUT2D eigenvalue weighted by Gasteiger charge is 2.14. The molecule has 0 radical (unpaired) electrons. The van der Waals surface area contributed by atoms with Crippen LogP contribution >= 0.6 is 0 Å². The Balaban J connectivity index is 0.000000860. The standard InChI is InChI=1S/C38H25N3.C2H6.C2H4/c1-3-11-27(12-4-1)37-33-25-29(21-24-34(33)39-38(40-37)28-13-5-2-6-14-28)26-19-22-30(23-20-26)41-35-17-9-7-15-31(35)32-16-8-10-18-36(32)41;2*1-2/h1-25H;1-2H3;1-2H2. The predicted octanol–water partition coefficient (Wildman–Crippen LogP) is 11.6. The molecule has 0 aliphatic heterocycles.